The Labute approximate surface area is 78.1 Å². The number of Topliss-reactive ketones (excluding diaryl/α,β-unsaturated/α-hetero) is 1. The van der Waals surface area contributed by atoms with Gasteiger partial charge in [0.15, 0.2) is 0 Å². The summed E-state index contributed by atoms with van der Waals surface area (Å²) in [4.78, 5) is 11.7. The van der Waals surface area contributed by atoms with Gasteiger partial charge in [-0.1, -0.05) is 6.92 Å². The average Bonchev–Trinajstić information content (AvgIpc) is 2.19. The molecule has 1 N–H and O–H groups in total. The summed E-state index contributed by atoms with van der Waals surface area (Å²) < 4.78 is 5.39. The van der Waals surface area contributed by atoms with Crippen LogP contribution in [0.4, 0.5) is 0 Å². The number of aliphatic hydroxyl groups excluding tert-OH is 1. The third-order valence-electron chi connectivity index (χ3n) is 3.60. The van der Waals surface area contributed by atoms with Crippen LogP contribution in [0, 0.1) is 5.41 Å². The fourth-order valence-electron chi connectivity index (χ4n) is 2.96. The van der Waals surface area contributed by atoms with E-state index in [4.69, 9.17) is 4.74 Å². The van der Waals surface area contributed by atoms with Crippen molar-refractivity contribution < 1.29 is 14.6 Å². The number of hydrogen-bond acceptors (Lipinski definition) is 3. The highest BCUT2D eigenvalue weighted by Crippen LogP contribution is 2.52. The quantitative estimate of drug-likeness (QED) is 0.658. The summed E-state index contributed by atoms with van der Waals surface area (Å²) in [5, 5.41) is 9.64. The molecule has 0 spiro atoms. The lowest BCUT2D eigenvalue weighted by Gasteiger charge is -2.37. The lowest BCUT2D eigenvalue weighted by atomic mass is 9.74. The Morgan fingerprint density at radius 1 is 1.54 bits per heavy atom. The van der Waals surface area contributed by atoms with E-state index in [1.807, 2.05) is 6.92 Å². The van der Waals surface area contributed by atoms with Gasteiger partial charge in [-0.25, -0.2) is 0 Å². The summed E-state index contributed by atoms with van der Waals surface area (Å²) in [7, 11) is 1.64. The Bertz CT molecular complexity index is 251. The second-order valence-corrected chi connectivity index (χ2v) is 4.79. The van der Waals surface area contributed by atoms with E-state index in [-0.39, 0.29) is 22.9 Å². The largest absolute Gasteiger partial charge is 0.393 e. The first kappa shape index (κ1) is 9.16. The molecular formula is C10H16O3. The third kappa shape index (κ3) is 1.22. The molecule has 0 saturated heterocycles. The zero-order chi connectivity index (χ0) is 9.69. The molecule has 2 bridgehead atoms. The normalized spacial score (nSPS) is 49.8. The molecule has 0 aromatic heterocycles. The highest BCUT2D eigenvalue weighted by atomic mass is 16.5. The molecule has 0 unspecified atom stereocenters. The molecule has 0 radical (unpaired) electrons. The van der Waals surface area contributed by atoms with Crippen molar-refractivity contribution in [3.8, 4) is 0 Å². The van der Waals surface area contributed by atoms with Gasteiger partial charge in [0, 0.05) is 25.4 Å². The van der Waals surface area contributed by atoms with E-state index in [0.717, 1.165) is 6.42 Å². The second-order valence-electron chi connectivity index (χ2n) is 4.79. The van der Waals surface area contributed by atoms with Crippen molar-refractivity contribution in [3.05, 3.63) is 0 Å². The van der Waals surface area contributed by atoms with Gasteiger partial charge < -0.3 is 9.84 Å². The molecule has 0 heterocycles. The van der Waals surface area contributed by atoms with Crippen LogP contribution in [0.5, 0.6) is 0 Å². The number of aliphatic hydroxyl groups is 1. The first-order valence-electron chi connectivity index (χ1n) is 4.76. The van der Waals surface area contributed by atoms with E-state index >= 15 is 0 Å². The molecule has 13 heavy (non-hydrogen) atoms. The van der Waals surface area contributed by atoms with Crippen molar-refractivity contribution in [2.24, 2.45) is 5.41 Å². The maximum atomic E-state index is 11.7. The summed E-state index contributed by atoms with van der Waals surface area (Å²) in [6.45, 7) is 1.94. The van der Waals surface area contributed by atoms with Gasteiger partial charge >= 0.3 is 0 Å². The summed E-state index contributed by atoms with van der Waals surface area (Å²) in [6.07, 6.45) is 2.12. The highest BCUT2D eigenvalue weighted by molar-refractivity contribution is 5.88. The molecule has 2 rings (SSSR count). The molecule has 0 aliphatic heterocycles. The minimum absolute atomic E-state index is 0.255. The van der Waals surface area contributed by atoms with Gasteiger partial charge in [0.05, 0.1) is 11.7 Å². The highest BCUT2D eigenvalue weighted by Gasteiger charge is 2.57. The van der Waals surface area contributed by atoms with Crippen LogP contribution in [0.3, 0.4) is 0 Å². The van der Waals surface area contributed by atoms with E-state index < -0.39 is 0 Å². The molecule has 2 fully saturated rings. The number of fused-ring (bicyclic) bond motifs is 2. The number of carbonyl (C=O) groups is 1. The van der Waals surface area contributed by atoms with Crippen molar-refractivity contribution in [3.63, 3.8) is 0 Å². The third-order valence-corrected chi connectivity index (χ3v) is 3.60. The number of carbonyl (C=O) groups excluding carboxylic acids is 1. The van der Waals surface area contributed by atoms with Gasteiger partial charge in [-0.2, -0.15) is 0 Å². The molecule has 74 valence electrons. The van der Waals surface area contributed by atoms with Gasteiger partial charge in [-0.3, -0.25) is 4.79 Å². The van der Waals surface area contributed by atoms with Gasteiger partial charge in [0.2, 0.25) is 0 Å². The van der Waals surface area contributed by atoms with Crippen LogP contribution in [0.2, 0.25) is 0 Å². The Morgan fingerprint density at radius 2 is 2.23 bits per heavy atom. The molecular weight excluding hydrogens is 168 g/mol. The zero-order valence-electron chi connectivity index (χ0n) is 8.17. The van der Waals surface area contributed by atoms with Gasteiger partial charge in [0.1, 0.15) is 5.78 Å². The minimum Gasteiger partial charge on any atom is -0.393 e. The van der Waals surface area contributed by atoms with Crippen LogP contribution in [-0.4, -0.2) is 29.7 Å². The van der Waals surface area contributed by atoms with Crippen LogP contribution >= 0.6 is 0 Å². The number of rotatable bonds is 1. The number of ketones is 1. The predicted molar refractivity (Wildman–Crippen MR) is 47.3 cm³/mol. The van der Waals surface area contributed by atoms with E-state index in [9.17, 15) is 9.90 Å². The molecule has 2 aliphatic rings. The zero-order valence-corrected chi connectivity index (χ0v) is 8.17. The van der Waals surface area contributed by atoms with Crippen molar-refractivity contribution in [1.82, 2.24) is 0 Å². The molecule has 3 heteroatoms. The minimum atomic E-state index is -0.370. The predicted octanol–water partition coefficient (Wildman–Crippen LogP) is 0.895. The van der Waals surface area contributed by atoms with Crippen LogP contribution in [0.25, 0.3) is 0 Å². The number of methoxy groups -OCH3 is 1. The van der Waals surface area contributed by atoms with Crippen LogP contribution in [0.1, 0.15) is 32.6 Å². The topological polar surface area (TPSA) is 46.5 Å². The molecule has 3 atom stereocenters. The lowest BCUT2D eigenvalue weighted by molar-refractivity contribution is -0.126. The van der Waals surface area contributed by atoms with Crippen molar-refractivity contribution >= 4 is 5.78 Å². The summed E-state index contributed by atoms with van der Waals surface area (Å²) in [5.74, 6) is 0.255. The Balaban J connectivity index is 2.32. The maximum absolute atomic E-state index is 11.7. The monoisotopic (exact) mass is 184 g/mol. The Hall–Kier alpha value is -0.410. The fraction of sp³-hybridized carbons (Fsp3) is 0.900. The number of hydrogen-bond donors (Lipinski definition) is 1. The van der Waals surface area contributed by atoms with E-state index in [1.54, 1.807) is 7.11 Å². The average molecular weight is 184 g/mol. The lowest BCUT2D eigenvalue weighted by Crippen LogP contribution is -2.40. The first-order valence-corrected chi connectivity index (χ1v) is 4.76. The van der Waals surface area contributed by atoms with Gasteiger partial charge in [-0.15, -0.1) is 0 Å². The Morgan fingerprint density at radius 3 is 2.85 bits per heavy atom. The van der Waals surface area contributed by atoms with Gasteiger partial charge in [0.25, 0.3) is 0 Å². The SMILES string of the molecule is CO[C@@]12CC(=O)[C@@](C)(C[C@H](O)C1)C2. The summed E-state index contributed by atoms with van der Waals surface area (Å²) in [5.41, 5.74) is -0.683. The van der Waals surface area contributed by atoms with Crippen LogP contribution < -0.4 is 0 Å². The van der Waals surface area contributed by atoms with E-state index in [2.05, 4.69) is 0 Å². The number of ether oxygens (including phenoxy) is 1. The van der Waals surface area contributed by atoms with Crippen LogP contribution in [0.15, 0.2) is 0 Å². The molecule has 3 nitrogen and oxygen atoms in total. The molecule has 0 aromatic carbocycles. The van der Waals surface area contributed by atoms with Crippen LogP contribution in [-0.2, 0) is 9.53 Å². The summed E-state index contributed by atoms with van der Waals surface area (Å²) >= 11 is 0. The molecule has 0 amide bonds. The van der Waals surface area contributed by atoms with E-state index in [1.165, 1.54) is 0 Å². The Kier molecular flexibility index (Phi) is 1.79. The summed E-state index contributed by atoms with van der Waals surface area (Å²) in [6, 6.07) is 0. The standard InChI is InChI=1S/C10H16O3/c1-9-3-7(11)4-10(6-9,13-2)5-8(9)12/h7,11H,3-6H2,1-2H3/t7-,9-,10+/m0/s1. The first-order chi connectivity index (χ1) is 6.00. The molecule has 2 saturated carbocycles. The second kappa shape index (κ2) is 2.55. The smallest absolute Gasteiger partial charge is 0.141 e. The fourth-order valence-corrected chi connectivity index (χ4v) is 2.96. The van der Waals surface area contributed by atoms with Gasteiger partial charge in [-0.05, 0) is 12.8 Å². The molecule has 0 aromatic rings. The molecule has 2 aliphatic carbocycles. The van der Waals surface area contributed by atoms with Crippen molar-refractivity contribution in [1.29, 1.82) is 0 Å². The van der Waals surface area contributed by atoms with Crippen molar-refractivity contribution in [2.45, 2.75) is 44.3 Å². The van der Waals surface area contributed by atoms with E-state index in [0.29, 0.717) is 19.3 Å². The van der Waals surface area contributed by atoms with Crippen molar-refractivity contribution in [2.75, 3.05) is 7.11 Å². The maximum Gasteiger partial charge on any atom is 0.141 e.